The van der Waals surface area contributed by atoms with E-state index in [1.54, 1.807) is 0 Å². The summed E-state index contributed by atoms with van der Waals surface area (Å²) in [6, 6.07) is 1.28. The number of nitrogens with zero attached hydrogens (tertiary/aromatic N) is 2. The maximum Gasteiger partial charge on any atom is 0.342 e. The summed E-state index contributed by atoms with van der Waals surface area (Å²) in [6.45, 7) is 4.56. The minimum atomic E-state index is -1.35. The number of carboxylic acids is 1. The van der Waals surface area contributed by atoms with Gasteiger partial charge in [0.1, 0.15) is 17.6 Å². The first-order valence-electron chi connectivity index (χ1n) is 6.57. The normalized spacial score (nSPS) is 20.8. The summed E-state index contributed by atoms with van der Waals surface area (Å²) in [6.07, 6.45) is 2.48. The van der Waals surface area contributed by atoms with Gasteiger partial charge in [-0.15, -0.1) is 0 Å². The largest absolute Gasteiger partial charge is 0.477 e. The topological polar surface area (TPSA) is 115 Å². The van der Waals surface area contributed by atoms with Gasteiger partial charge in [-0.25, -0.2) is 9.78 Å². The summed E-state index contributed by atoms with van der Waals surface area (Å²) < 4.78 is 5.60. The van der Waals surface area contributed by atoms with Crippen molar-refractivity contribution in [3.63, 3.8) is 0 Å². The third kappa shape index (κ3) is 3.66. The third-order valence-corrected chi connectivity index (χ3v) is 3.36. The lowest BCUT2D eigenvalue weighted by Crippen LogP contribution is -2.40. The third-order valence-electron chi connectivity index (χ3n) is 3.36. The van der Waals surface area contributed by atoms with Gasteiger partial charge in [0.05, 0.1) is 10.5 Å². The molecule has 2 heterocycles. The van der Waals surface area contributed by atoms with Crippen molar-refractivity contribution in [1.82, 2.24) is 4.98 Å². The number of nitrogens with one attached hydrogen (secondary N) is 1. The van der Waals surface area contributed by atoms with Crippen molar-refractivity contribution in [1.29, 1.82) is 0 Å². The van der Waals surface area contributed by atoms with Crippen LogP contribution in [0.25, 0.3) is 0 Å². The van der Waals surface area contributed by atoms with E-state index in [0.717, 1.165) is 19.0 Å². The van der Waals surface area contributed by atoms with Gasteiger partial charge in [0.2, 0.25) is 0 Å². The van der Waals surface area contributed by atoms with Gasteiger partial charge in [-0.1, -0.05) is 0 Å². The second-order valence-corrected chi connectivity index (χ2v) is 5.59. The molecule has 21 heavy (non-hydrogen) atoms. The molecule has 1 aliphatic heterocycles. The van der Waals surface area contributed by atoms with Crippen LogP contribution in [-0.4, -0.2) is 39.2 Å². The molecule has 8 nitrogen and oxygen atoms in total. The fourth-order valence-electron chi connectivity index (χ4n) is 2.41. The van der Waals surface area contributed by atoms with E-state index in [-0.39, 0.29) is 17.2 Å². The fourth-order valence-corrected chi connectivity index (χ4v) is 2.41. The minimum Gasteiger partial charge on any atom is -0.477 e. The molecule has 0 radical (unpaired) electrons. The zero-order valence-corrected chi connectivity index (χ0v) is 11.8. The van der Waals surface area contributed by atoms with E-state index in [1.807, 2.05) is 13.8 Å². The predicted octanol–water partition coefficient (Wildman–Crippen LogP) is 2.06. The van der Waals surface area contributed by atoms with E-state index < -0.39 is 16.6 Å². The Morgan fingerprint density at radius 1 is 1.62 bits per heavy atom. The first-order chi connectivity index (χ1) is 9.78. The molecular formula is C13H17N3O5. The molecule has 1 fully saturated rings. The first kappa shape index (κ1) is 15.2. The Morgan fingerprint density at radius 2 is 2.33 bits per heavy atom. The van der Waals surface area contributed by atoms with Gasteiger partial charge in [0, 0.05) is 18.7 Å². The second-order valence-electron chi connectivity index (χ2n) is 5.59. The van der Waals surface area contributed by atoms with E-state index >= 15 is 0 Å². The molecule has 1 aliphatic rings. The molecule has 1 atom stereocenters. The smallest absolute Gasteiger partial charge is 0.342 e. The highest BCUT2D eigenvalue weighted by atomic mass is 16.6. The summed E-state index contributed by atoms with van der Waals surface area (Å²) in [4.78, 5) is 25.0. The minimum absolute atomic E-state index is 0.0874. The molecule has 0 spiro atoms. The molecule has 114 valence electrons. The number of rotatable bonds is 4. The van der Waals surface area contributed by atoms with Crippen LogP contribution in [0.4, 0.5) is 11.5 Å². The molecule has 8 heteroatoms. The molecule has 0 aromatic carbocycles. The summed E-state index contributed by atoms with van der Waals surface area (Å²) in [5.41, 5.74) is -1.14. The van der Waals surface area contributed by atoms with Crippen LogP contribution in [0.15, 0.2) is 12.3 Å². The van der Waals surface area contributed by atoms with Crippen LogP contribution < -0.4 is 5.32 Å². The number of anilines is 1. The van der Waals surface area contributed by atoms with Crippen LogP contribution in [0.3, 0.4) is 0 Å². The van der Waals surface area contributed by atoms with Crippen LogP contribution in [0.2, 0.25) is 0 Å². The van der Waals surface area contributed by atoms with Crippen LogP contribution in [0.5, 0.6) is 0 Å². The van der Waals surface area contributed by atoms with Crippen molar-refractivity contribution in [2.75, 3.05) is 11.9 Å². The molecule has 1 unspecified atom stereocenters. The Balaban J connectivity index is 2.19. The van der Waals surface area contributed by atoms with Crippen molar-refractivity contribution in [3.8, 4) is 0 Å². The van der Waals surface area contributed by atoms with Crippen molar-refractivity contribution in [2.24, 2.45) is 0 Å². The van der Waals surface area contributed by atoms with Crippen LogP contribution in [0.1, 0.15) is 37.0 Å². The van der Waals surface area contributed by atoms with Gasteiger partial charge in [0.15, 0.2) is 0 Å². The second kappa shape index (κ2) is 5.65. The number of carbonyl (C=O) groups is 1. The highest BCUT2D eigenvalue weighted by Gasteiger charge is 2.29. The van der Waals surface area contributed by atoms with Crippen molar-refractivity contribution >= 4 is 17.5 Å². The molecule has 1 aromatic heterocycles. The summed E-state index contributed by atoms with van der Waals surface area (Å²) in [5, 5.41) is 22.9. The van der Waals surface area contributed by atoms with Crippen molar-refractivity contribution in [2.45, 2.75) is 38.3 Å². The molecule has 1 saturated heterocycles. The molecule has 0 amide bonds. The zero-order valence-electron chi connectivity index (χ0n) is 11.8. The van der Waals surface area contributed by atoms with Crippen LogP contribution in [-0.2, 0) is 4.74 Å². The van der Waals surface area contributed by atoms with Gasteiger partial charge >= 0.3 is 11.7 Å². The van der Waals surface area contributed by atoms with Gasteiger partial charge in [-0.05, 0) is 26.7 Å². The van der Waals surface area contributed by atoms with Crippen LogP contribution >= 0.6 is 0 Å². The Morgan fingerprint density at radius 3 is 2.90 bits per heavy atom. The average molecular weight is 295 g/mol. The Labute approximate surface area is 121 Å². The monoisotopic (exact) mass is 295 g/mol. The first-order valence-corrected chi connectivity index (χ1v) is 6.57. The van der Waals surface area contributed by atoms with Crippen molar-refractivity contribution < 1.29 is 19.6 Å². The lowest BCUT2D eigenvalue weighted by Gasteiger charge is -2.36. The Bertz CT molecular complexity index is 573. The zero-order chi connectivity index (χ0) is 15.6. The summed E-state index contributed by atoms with van der Waals surface area (Å²) in [7, 11) is 0. The van der Waals surface area contributed by atoms with Gasteiger partial charge in [0.25, 0.3) is 0 Å². The van der Waals surface area contributed by atoms with Crippen LogP contribution in [0, 0.1) is 10.1 Å². The lowest BCUT2D eigenvalue weighted by atomic mass is 9.94. The lowest BCUT2D eigenvalue weighted by molar-refractivity contribution is -0.385. The van der Waals surface area contributed by atoms with E-state index in [0.29, 0.717) is 12.4 Å². The molecule has 2 rings (SSSR count). The molecule has 0 bridgehead atoms. The number of carboxylic acid groups (broad SMARTS) is 1. The molecular weight excluding hydrogens is 278 g/mol. The Hall–Kier alpha value is -2.22. The number of aromatic nitrogens is 1. The maximum atomic E-state index is 11.1. The number of aromatic carboxylic acids is 1. The quantitative estimate of drug-likeness (QED) is 0.645. The number of ether oxygens (including phenoxy) is 1. The number of hydrogen-bond donors (Lipinski definition) is 2. The number of nitro groups is 1. The maximum absolute atomic E-state index is 11.1. The fraction of sp³-hybridized carbons (Fsp3) is 0.538. The van der Waals surface area contributed by atoms with Gasteiger partial charge < -0.3 is 15.2 Å². The predicted molar refractivity (Wildman–Crippen MR) is 74.5 cm³/mol. The molecule has 0 aliphatic carbocycles. The SMILES string of the molecule is CC1(C)CC(Nc2cc(C(=O)O)c([N+](=O)[O-])cn2)CCO1. The highest BCUT2D eigenvalue weighted by molar-refractivity contribution is 5.93. The van der Waals surface area contributed by atoms with Gasteiger partial charge in [-0.2, -0.15) is 0 Å². The van der Waals surface area contributed by atoms with E-state index in [2.05, 4.69) is 10.3 Å². The average Bonchev–Trinajstić information content (AvgIpc) is 2.37. The summed E-state index contributed by atoms with van der Waals surface area (Å²) in [5.74, 6) is -1.03. The van der Waals surface area contributed by atoms with E-state index in [9.17, 15) is 14.9 Å². The molecule has 2 N–H and O–H groups in total. The Kier molecular flexibility index (Phi) is 4.08. The molecule has 0 saturated carbocycles. The number of hydrogen-bond acceptors (Lipinski definition) is 6. The van der Waals surface area contributed by atoms with Crippen molar-refractivity contribution in [3.05, 3.63) is 27.9 Å². The van der Waals surface area contributed by atoms with E-state index in [1.165, 1.54) is 6.07 Å². The molecule has 1 aromatic rings. The number of pyridine rings is 1. The highest BCUT2D eigenvalue weighted by Crippen LogP contribution is 2.27. The van der Waals surface area contributed by atoms with Gasteiger partial charge in [-0.3, -0.25) is 10.1 Å². The standard InChI is InChI=1S/C13H17N3O5/c1-13(2)6-8(3-4-21-13)15-11-5-9(12(17)18)10(7-14-11)16(19)20/h5,7-8H,3-4,6H2,1-2H3,(H,14,15)(H,17,18). The van der Waals surface area contributed by atoms with E-state index in [4.69, 9.17) is 9.84 Å². The summed E-state index contributed by atoms with van der Waals surface area (Å²) >= 11 is 0.